The molecule has 0 spiro atoms. The van der Waals surface area contributed by atoms with Crippen LogP contribution in [0.15, 0.2) is 50.9 Å². The molecule has 0 aromatic heterocycles. The Balaban J connectivity index is 2.35. The van der Waals surface area contributed by atoms with E-state index in [0.717, 1.165) is 26.2 Å². The number of nitrogens with zero attached hydrogens (tertiary/aromatic N) is 1. The van der Waals surface area contributed by atoms with Gasteiger partial charge in [-0.2, -0.15) is 0 Å². The lowest BCUT2D eigenvalue weighted by Crippen LogP contribution is -2.06. The van der Waals surface area contributed by atoms with E-state index in [1.165, 1.54) is 7.11 Å². The van der Waals surface area contributed by atoms with Gasteiger partial charge >= 0.3 is 0 Å². The number of oxime groups is 1. The fourth-order valence-electron chi connectivity index (χ4n) is 1.89. The Morgan fingerprint density at radius 3 is 2.43 bits per heavy atom. The number of rotatable bonds is 4. The Bertz CT molecular complexity index is 671. The highest BCUT2D eigenvalue weighted by Crippen LogP contribution is 2.24. The molecule has 2 aromatic carbocycles. The van der Waals surface area contributed by atoms with E-state index in [1.54, 1.807) is 6.07 Å². The van der Waals surface area contributed by atoms with Crippen LogP contribution in [0.2, 0.25) is 10.0 Å². The molecule has 0 aliphatic heterocycles. The van der Waals surface area contributed by atoms with Gasteiger partial charge in [0.15, 0.2) is 0 Å². The summed E-state index contributed by atoms with van der Waals surface area (Å²) in [5.41, 5.74) is 2.69. The first-order valence-corrected chi connectivity index (χ1v) is 8.03. The summed E-state index contributed by atoms with van der Waals surface area (Å²) in [6.45, 7) is 0. The van der Waals surface area contributed by atoms with Crippen LogP contribution in [0.25, 0.3) is 0 Å². The van der Waals surface area contributed by atoms with E-state index in [4.69, 9.17) is 28.0 Å². The molecule has 0 aliphatic rings. The summed E-state index contributed by atoms with van der Waals surface area (Å²) in [5.74, 6) is 0. The molecule has 0 fully saturated rings. The topological polar surface area (TPSA) is 21.6 Å². The van der Waals surface area contributed by atoms with Crippen LogP contribution >= 0.6 is 51.8 Å². The number of halogens is 3. The number of hydrogen-bond donors (Lipinski definition) is 1. The zero-order chi connectivity index (χ0) is 15.4. The molecule has 110 valence electrons. The standard InChI is InChI=1S/C15H12BrCl2NOS/c1-20-19-14(10-2-3-15(21)13(16)7-10)6-9-4-11(17)8-12(18)5-9/h2-5,7-8,21H,6H2,1H3/b19-14+. The third-order valence-corrected chi connectivity index (χ3v) is 4.57. The molecule has 21 heavy (non-hydrogen) atoms. The van der Waals surface area contributed by atoms with Crippen molar-refractivity contribution in [1.29, 1.82) is 0 Å². The predicted octanol–water partition coefficient (Wildman–Crippen LogP) is 5.64. The van der Waals surface area contributed by atoms with Gasteiger partial charge in [-0.1, -0.05) is 34.4 Å². The Morgan fingerprint density at radius 1 is 1.19 bits per heavy atom. The van der Waals surface area contributed by atoms with Gasteiger partial charge in [-0.25, -0.2) is 0 Å². The molecule has 0 radical (unpaired) electrons. The minimum absolute atomic E-state index is 0.562. The molecule has 0 bridgehead atoms. The molecule has 0 amide bonds. The second-order valence-corrected chi connectivity index (χ2v) is 6.55. The molecule has 0 atom stereocenters. The van der Waals surface area contributed by atoms with Gasteiger partial charge in [-0.15, -0.1) is 12.6 Å². The molecular formula is C15H12BrCl2NOS. The molecule has 6 heteroatoms. The third-order valence-electron chi connectivity index (χ3n) is 2.78. The highest BCUT2D eigenvalue weighted by Gasteiger charge is 2.09. The largest absolute Gasteiger partial charge is 0.399 e. The Kier molecular flexibility index (Phi) is 5.99. The average molecular weight is 405 g/mol. The van der Waals surface area contributed by atoms with Crippen molar-refractivity contribution < 1.29 is 4.84 Å². The van der Waals surface area contributed by atoms with Gasteiger partial charge in [-0.05, 0) is 51.8 Å². The summed E-state index contributed by atoms with van der Waals surface area (Å²) in [5, 5.41) is 5.30. The molecule has 0 saturated heterocycles. The van der Waals surface area contributed by atoms with Gasteiger partial charge < -0.3 is 4.84 Å². The fourth-order valence-corrected chi connectivity index (χ4v) is 2.98. The normalized spacial score (nSPS) is 11.6. The van der Waals surface area contributed by atoms with Crippen LogP contribution in [0.1, 0.15) is 11.1 Å². The zero-order valence-electron chi connectivity index (χ0n) is 11.1. The number of thiol groups is 1. The smallest absolute Gasteiger partial charge is 0.106 e. The first-order valence-electron chi connectivity index (χ1n) is 6.03. The first kappa shape index (κ1) is 16.7. The molecule has 0 heterocycles. The quantitative estimate of drug-likeness (QED) is 0.397. The van der Waals surface area contributed by atoms with Crippen molar-refractivity contribution >= 4 is 57.5 Å². The second kappa shape index (κ2) is 7.54. The van der Waals surface area contributed by atoms with Crippen LogP contribution in [-0.4, -0.2) is 12.8 Å². The zero-order valence-corrected chi connectivity index (χ0v) is 15.1. The predicted molar refractivity (Wildman–Crippen MR) is 95.1 cm³/mol. The van der Waals surface area contributed by atoms with E-state index in [2.05, 4.69) is 33.7 Å². The molecule has 0 saturated carbocycles. The highest BCUT2D eigenvalue weighted by molar-refractivity contribution is 9.10. The van der Waals surface area contributed by atoms with Crippen molar-refractivity contribution in [2.24, 2.45) is 5.16 Å². The van der Waals surface area contributed by atoms with E-state index >= 15 is 0 Å². The minimum Gasteiger partial charge on any atom is -0.399 e. The molecule has 0 aliphatic carbocycles. The van der Waals surface area contributed by atoms with Crippen LogP contribution in [0.4, 0.5) is 0 Å². The van der Waals surface area contributed by atoms with Gasteiger partial charge in [0.2, 0.25) is 0 Å². The summed E-state index contributed by atoms with van der Waals surface area (Å²) in [6.07, 6.45) is 0.562. The fraction of sp³-hybridized carbons (Fsp3) is 0.133. The number of benzene rings is 2. The third kappa shape index (κ3) is 4.65. The van der Waals surface area contributed by atoms with Crippen LogP contribution in [0.3, 0.4) is 0 Å². The van der Waals surface area contributed by atoms with Gasteiger partial charge in [0, 0.05) is 31.4 Å². The SMILES string of the molecule is CO/N=C(\Cc1cc(Cl)cc(Cl)c1)c1ccc(S)c(Br)c1. The lowest BCUT2D eigenvalue weighted by Gasteiger charge is -2.09. The summed E-state index contributed by atoms with van der Waals surface area (Å²) < 4.78 is 0.899. The molecule has 2 aromatic rings. The maximum atomic E-state index is 6.03. The molecular weight excluding hydrogens is 393 g/mol. The van der Waals surface area contributed by atoms with E-state index in [-0.39, 0.29) is 0 Å². The highest BCUT2D eigenvalue weighted by atomic mass is 79.9. The van der Waals surface area contributed by atoms with Crippen molar-refractivity contribution in [3.8, 4) is 0 Å². The summed E-state index contributed by atoms with van der Waals surface area (Å²) in [6, 6.07) is 11.2. The van der Waals surface area contributed by atoms with Crippen LogP contribution < -0.4 is 0 Å². The van der Waals surface area contributed by atoms with Crippen LogP contribution in [-0.2, 0) is 11.3 Å². The van der Waals surface area contributed by atoms with Gasteiger partial charge in [0.05, 0.1) is 5.71 Å². The molecule has 0 unspecified atom stereocenters. The Hall–Kier alpha value is -0.680. The summed E-state index contributed by atoms with van der Waals surface area (Å²) in [4.78, 5) is 5.81. The lowest BCUT2D eigenvalue weighted by atomic mass is 10.0. The summed E-state index contributed by atoms with van der Waals surface area (Å²) >= 11 is 19.9. The van der Waals surface area contributed by atoms with Crippen molar-refractivity contribution in [2.75, 3.05) is 7.11 Å². The Morgan fingerprint density at radius 2 is 1.86 bits per heavy atom. The lowest BCUT2D eigenvalue weighted by molar-refractivity contribution is 0.213. The molecule has 2 rings (SSSR count). The second-order valence-electron chi connectivity index (χ2n) is 4.34. The van der Waals surface area contributed by atoms with E-state index in [1.807, 2.05) is 30.3 Å². The maximum absolute atomic E-state index is 6.03. The van der Waals surface area contributed by atoms with Crippen molar-refractivity contribution in [3.63, 3.8) is 0 Å². The summed E-state index contributed by atoms with van der Waals surface area (Å²) in [7, 11) is 1.52. The minimum atomic E-state index is 0.562. The van der Waals surface area contributed by atoms with E-state index in [9.17, 15) is 0 Å². The number of hydrogen-bond acceptors (Lipinski definition) is 3. The monoisotopic (exact) mass is 403 g/mol. The van der Waals surface area contributed by atoms with Crippen molar-refractivity contribution in [2.45, 2.75) is 11.3 Å². The van der Waals surface area contributed by atoms with E-state index < -0.39 is 0 Å². The van der Waals surface area contributed by atoms with Crippen LogP contribution in [0.5, 0.6) is 0 Å². The van der Waals surface area contributed by atoms with Gasteiger partial charge in [0.1, 0.15) is 7.11 Å². The first-order chi connectivity index (χ1) is 9.99. The van der Waals surface area contributed by atoms with E-state index in [0.29, 0.717) is 16.5 Å². The van der Waals surface area contributed by atoms with Crippen molar-refractivity contribution in [3.05, 3.63) is 62.0 Å². The van der Waals surface area contributed by atoms with Gasteiger partial charge in [-0.3, -0.25) is 0 Å². The molecule has 0 N–H and O–H groups in total. The van der Waals surface area contributed by atoms with Crippen LogP contribution in [0, 0.1) is 0 Å². The van der Waals surface area contributed by atoms with Gasteiger partial charge in [0.25, 0.3) is 0 Å². The maximum Gasteiger partial charge on any atom is 0.106 e. The Labute approximate surface area is 147 Å². The molecule has 2 nitrogen and oxygen atoms in total. The average Bonchev–Trinajstić information content (AvgIpc) is 2.40. The van der Waals surface area contributed by atoms with Crippen molar-refractivity contribution in [1.82, 2.24) is 0 Å².